The van der Waals surface area contributed by atoms with Crippen molar-refractivity contribution in [2.45, 2.75) is 65.7 Å². The van der Waals surface area contributed by atoms with E-state index in [2.05, 4.69) is 13.0 Å². The number of allylic oxidation sites excluding steroid dienone is 4. The third-order valence-electron chi connectivity index (χ3n) is 4.45. The van der Waals surface area contributed by atoms with Crippen LogP contribution >= 0.6 is 0 Å². The Morgan fingerprint density at radius 2 is 1.88 bits per heavy atom. The number of hydrogen-bond donors (Lipinski definition) is 0. The van der Waals surface area contributed by atoms with Crippen LogP contribution in [0.4, 0.5) is 0 Å². The predicted molar refractivity (Wildman–Crippen MR) is 71.4 cm³/mol. The molecule has 0 radical (unpaired) electrons. The van der Waals surface area contributed by atoms with Gasteiger partial charge in [-0.15, -0.1) is 0 Å². The van der Waals surface area contributed by atoms with Crippen molar-refractivity contribution in [2.75, 3.05) is 0 Å². The number of hydrogen-bond acceptors (Lipinski definition) is 0. The molecule has 0 aliphatic heterocycles. The maximum absolute atomic E-state index is 2.53. The van der Waals surface area contributed by atoms with Gasteiger partial charge in [-0.3, -0.25) is 0 Å². The van der Waals surface area contributed by atoms with Gasteiger partial charge in [0.05, 0.1) is 0 Å². The summed E-state index contributed by atoms with van der Waals surface area (Å²) < 4.78 is 0. The minimum absolute atomic E-state index is 0.892. The van der Waals surface area contributed by atoms with E-state index in [1.807, 2.05) is 25.0 Å². The Labute approximate surface area is 101 Å². The Kier molecular flexibility index (Phi) is 3.89. The summed E-state index contributed by atoms with van der Waals surface area (Å²) in [6.45, 7) is 6.44. The van der Waals surface area contributed by atoms with Crippen molar-refractivity contribution in [1.82, 2.24) is 0 Å². The van der Waals surface area contributed by atoms with Crippen molar-refractivity contribution < 1.29 is 0 Å². The van der Waals surface area contributed by atoms with Crippen LogP contribution in [-0.4, -0.2) is 0 Å². The first-order chi connectivity index (χ1) is 7.86. The van der Waals surface area contributed by atoms with Gasteiger partial charge in [-0.2, -0.15) is 0 Å². The molecule has 0 spiro atoms. The van der Waals surface area contributed by atoms with Crippen LogP contribution < -0.4 is 0 Å². The summed E-state index contributed by atoms with van der Waals surface area (Å²) in [5, 5.41) is 0. The van der Waals surface area contributed by atoms with E-state index in [0.29, 0.717) is 0 Å². The molecule has 0 aromatic carbocycles. The van der Waals surface area contributed by atoms with Crippen LogP contribution in [0.2, 0.25) is 0 Å². The van der Waals surface area contributed by atoms with Gasteiger partial charge in [0.25, 0.3) is 0 Å². The van der Waals surface area contributed by atoms with Crippen LogP contribution in [0.3, 0.4) is 0 Å². The summed E-state index contributed by atoms with van der Waals surface area (Å²) in [7, 11) is 0. The Bertz CT molecular complexity index is 306. The molecule has 0 nitrogen and oxygen atoms in total. The van der Waals surface area contributed by atoms with Crippen molar-refractivity contribution in [3.05, 3.63) is 22.8 Å². The zero-order valence-electron chi connectivity index (χ0n) is 11.2. The number of rotatable bonds is 0. The van der Waals surface area contributed by atoms with E-state index < -0.39 is 0 Å². The molecule has 0 saturated heterocycles. The summed E-state index contributed by atoms with van der Waals surface area (Å²) in [4.78, 5) is 0. The zero-order chi connectivity index (χ0) is 11.5. The van der Waals surface area contributed by atoms with Crippen LogP contribution in [0.5, 0.6) is 0 Å². The maximum atomic E-state index is 2.53. The molecule has 0 N–H and O–H groups in total. The lowest BCUT2D eigenvalue weighted by atomic mass is 9.66. The molecule has 2 atom stereocenters. The zero-order valence-corrected chi connectivity index (χ0v) is 11.2. The highest BCUT2D eigenvalue weighted by atomic mass is 14.4. The van der Waals surface area contributed by atoms with Gasteiger partial charge in [0, 0.05) is 0 Å². The largest absolute Gasteiger partial charge is 0.0807 e. The first-order valence-corrected chi connectivity index (χ1v) is 7.28. The van der Waals surface area contributed by atoms with Crippen LogP contribution in [0, 0.1) is 11.8 Å². The van der Waals surface area contributed by atoms with Gasteiger partial charge in [0.1, 0.15) is 0 Å². The van der Waals surface area contributed by atoms with E-state index in [1.165, 1.54) is 44.9 Å². The fraction of sp³-hybridized carbons (Fsp3) is 0.750. The predicted octanol–water partition coefficient (Wildman–Crippen LogP) is 5.26. The molecule has 3 rings (SSSR count). The Morgan fingerprint density at radius 3 is 2.69 bits per heavy atom. The van der Waals surface area contributed by atoms with Gasteiger partial charge in [-0.05, 0) is 67.9 Å². The fourth-order valence-electron chi connectivity index (χ4n) is 3.72. The van der Waals surface area contributed by atoms with E-state index in [0.717, 1.165) is 11.8 Å². The molecule has 0 amide bonds. The molecule has 0 heteroatoms. The molecule has 1 fully saturated rings. The summed E-state index contributed by atoms with van der Waals surface area (Å²) in [6.07, 6.45) is 12.4. The summed E-state index contributed by atoms with van der Waals surface area (Å²) >= 11 is 0. The van der Waals surface area contributed by atoms with Crippen molar-refractivity contribution in [2.24, 2.45) is 11.8 Å². The molecule has 0 heterocycles. The van der Waals surface area contributed by atoms with E-state index >= 15 is 0 Å². The van der Waals surface area contributed by atoms with E-state index in [1.54, 1.807) is 5.57 Å². The fourth-order valence-corrected chi connectivity index (χ4v) is 3.72. The Hall–Kier alpha value is -0.520. The third-order valence-corrected chi connectivity index (χ3v) is 4.45. The maximum Gasteiger partial charge on any atom is -0.0159 e. The van der Waals surface area contributed by atoms with E-state index in [4.69, 9.17) is 0 Å². The third kappa shape index (κ3) is 1.99. The summed E-state index contributed by atoms with van der Waals surface area (Å²) in [5.41, 5.74) is 5.42. The topological polar surface area (TPSA) is 0 Å². The van der Waals surface area contributed by atoms with Crippen molar-refractivity contribution in [3.63, 3.8) is 0 Å². The van der Waals surface area contributed by atoms with Crippen molar-refractivity contribution in [3.8, 4) is 0 Å². The van der Waals surface area contributed by atoms with Crippen molar-refractivity contribution >= 4 is 0 Å². The normalized spacial score (nSPS) is 32.3. The first kappa shape index (κ1) is 12.0. The molecule has 3 aliphatic rings. The quantitative estimate of drug-likeness (QED) is 0.520. The molecule has 2 unspecified atom stereocenters. The lowest BCUT2D eigenvalue weighted by Gasteiger charge is -2.39. The summed E-state index contributed by atoms with van der Waals surface area (Å²) in [5.74, 6) is 1.85. The Balaban J connectivity index is 0.000000457. The van der Waals surface area contributed by atoms with Crippen molar-refractivity contribution in [1.29, 1.82) is 0 Å². The standard InChI is InChI=1S/C14H20.C2H6/c1-10-8-9-12-5-2-4-11-6-3-7-13(10)14(11)12;1-2/h6,10,12H,2-5,7-9H2,1H3;1-2H3. The average Bonchev–Trinajstić information content (AvgIpc) is 2.37. The van der Waals surface area contributed by atoms with E-state index in [9.17, 15) is 0 Å². The minimum atomic E-state index is 0.892. The van der Waals surface area contributed by atoms with Gasteiger partial charge in [0.2, 0.25) is 0 Å². The molecule has 0 bridgehead atoms. The second kappa shape index (κ2) is 5.21. The molecule has 16 heavy (non-hydrogen) atoms. The van der Waals surface area contributed by atoms with E-state index in [-0.39, 0.29) is 0 Å². The first-order valence-electron chi connectivity index (χ1n) is 7.28. The average molecular weight is 218 g/mol. The van der Waals surface area contributed by atoms with Gasteiger partial charge in [0.15, 0.2) is 0 Å². The lowest BCUT2D eigenvalue weighted by Crippen LogP contribution is -2.24. The molecule has 3 aliphatic carbocycles. The lowest BCUT2D eigenvalue weighted by molar-refractivity contribution is 0.376. The van der Waals surface area contributed by atoms with Crippen LogP contribution in [0.25, 0.3) is 0 Å². The molecule has 0 aromatic heterocycles. The second-order valence-electron chi connectivity index (χ2n) is 5.27. The molecular formula is C16H26. The van der Waals surface area contributed by atoms with Crippen LogP contribution in [0.15, 0.2) is 22.8 Å². The molecule has 90 valence electrons. The van der Waals surface area contributed by atoms with Crippen LogP contribution in [-0.2, 0) is 0 Å². The highest BCUT2D eigenvalue weighted by Gasteiger charge is 2.32. The smallest absolute Gasteiger partial charge is 0.0159 e. The minimum Gasteiger partial charge on any atom is -0.0807 e. The Morgan fingerprint density at radius 1 is 1.06 bits per heavy atom. The summed E-state index contributed by atoms with van der Waals surface area (Å²) in [6, 6.07) is 0. The molecule has 1 saturated carbocycles. The highest BCUT2D eigenvalue weighted by Crippen LogP contribution is 2.48. The van der Waals surface area contributed by atoms with Gasteiger partial charge in [-0.1, -0.05) is 32.4 Å². The van der Waals surface area contributed by atoms with Gasteiger partial charge >= 0.3 is 0 Å². The van der Waals surface area contributed by atoms with Gasteiger partial charge in [-0.25, -0.2) is 0 Å². The van der Waals surface area contributed by atoms with Crippen LogP contribution in [0.1, 0.15) is 65.7 Å². The SMILES string of the molecule is CC.CC1CCC2CCCC3=CCCC1=C32. The molecule has 0 aromatic rings. The van der Waals surface area contributed by atoms with Gasteiger partial charge < -0.3 is 0 Å². The monoisotopic (exact) mass is 218 g/mol. The molecular weight excluding hydrogens is 192 g/mol. The highest BCUT2D eigenvalue weighted by molar-refractivity contribution is 5.43. The second-order valence-corrected chi connectivity index (χ2v) is 5.27.